The quantitative estimate of drug-likeness (QED) is 0.581. The number of hydrogen-bond acceptors (Lipinski definition) is 5. The minimum absolute atomic E-state index is 0.254. The number of nitrogens with zero attached hydrogens (tertiary/aromatic N) is 5. The molecule has 0 aliphatic carbocycles. The van der Waals surface area contributed by atoms with Crippen molar-refractivity contribution in [2.24, 2.45) is 0 Å². The lowest BCUT2D eigenvalue weighted by molar-refractivity contribution is 0.121. The van der Waals surface area contributed by atoms with Crippen LogP contribution in [0.2, 0.25) is 0 Å². The molecule has 0 radical (unpaired) electrons. The summed E-state index contributed by atoms with van der Waals surface area (Å²) in [5.41, 5.74) is 9.25. The fourth-order valence-electron chi connectivity index (χ4n) is 4.02. The van der Waals surface area contributed by atoms with Crippen molar-refractivity contribution in [3.05, 3.63) is 71.8 Å². The Hall–Kier alpha value is -3.03. The van der Waals surface area contributed by atoms with Crippen LogP contribution in [-0.2, 0) is 13.1 Å². The molecule has 7 heteroatoms. The summed E-state index contributed by atoms with van der Waals surface area (Å²) in [6.45, 7) is 5.77. The van der Waals surface area contributed by atoms with Crippen molar-refractivity contribution in [1.82, 2.24) is 24.2 Å². The average molecular weight is 390 g/mol. The van der Waals surface area contributed by atoms with Crippen molar-refractivity contribution in [2.75, 3.05) is 31.9 Å². The van der Waals surface area contributed by atoms with Crippen LogP contribution in [0.4, 0.5) is 10.3 Å². The maximum atomic E-state index is 14.1. The summed E-state index contributed by atoms with van der Waals surface area (Å²) in [6, 6.07) is 15.5. The third-order valence-electron chi connectivity index (χ3n) is 5.56. The molecule has 1 fully saturated rings. The molecule has 3 heterocycles. The van der Waals surface area contributed by atoms with Crippen LogP contribution in [0.5, 0.6) is 0 Å². The third kappa shape index (κ3) is 3.54. The van der Waals surface area contributed by atoms with Gasteiger partial charge in [-0.15, -0.1) is 0 Å². The van der Waals surface area contributed by atoms with Gasteiger partial charge < -0.3 is 5.73 Å². The maximum absolute atomic E-state index is 14.1. The molecule has 1 saturated heterocycles. The molecular formula is C22H23FN6. The topological polar surface area (TPSA) is 62.7 Å². The molecule has 0 spiro atoms. The molecule has 148 valence electrons. The van der Waals surface area contributed by atoms with Crippen LogP contribution in [-0.4, -0.2) is 50.3 Å². The van der Waals surface area contributed by atoms with Crippen molar-refractivity contribution in [3.8, 4) is 0 Å². The smallest absolute Gasteiger partial charge is 0.206 e. The van der Waals surface area contributed by atoms with E-state index in [0.29, 0.717) is 11.0 Å². The molecule has 1 aliphatic heterocycles. The summed E-state index contributed by atoms with van der Waals surface area (Å²) in [4.78, 5) is 13.8. The number of benzene rings is 2. The van der Waals surface area contributed by atoms with Gasteiger partial charge in [-0.25, -0.2) is 14.4 Å². The number of piperazine rings is 1. The number of hydrogen-bond donors (Lipinski definition) is 1. The lowest BCUT2D eigenvalue weighted by Crippen LogP contribution is -2.45. The minimum Gasteiger partial charge on any atom is -0.369 e. The Balaban J connectivity index is 1.31. The molecule has 0 atom stereocenters. The minimum atomic E-state index is -0.379. The Morgan fingerprint density at radius 1 is 0.862 bits per heavy atom. The van der Waals surface area contributed by atoms with Gasteiger partial charge in [-0.3, -0.25) is 14.2 Å². The summed E-state index contributed by atoms with van der Waals surface area (Å²) in [7, 11) is 0. The van der Waals surface area contributed by atoms with Gasteiger partial charge in [-0.05, 0) is 17.7 Å². The number of aromatic nitrogens is 3. The van der Waals surface area contributed by atoms with Gasteiger partial charge in [-0.2, -0.15) is 0 Å². The molecule has 0 unspecified atom stereocenters. The highest BCUT2D eigenvalue weighted by atomic mass is 19.1. The van der Waals surface area contributed by atoms with Gasteiger partial charge in [0.25, 0.3) is 0 Å². The Morgan fingerprint density at radius 2 is 1.59 bits per heavy atom. The van der Waals surface area contributed by atoms with Crippen LogP contribution < -0.4 is 5.73 Å². The first-order valence-electron chi connectivity index (χ1n) is 9.88. The highest BCUT2D eigenvalue weighted by molar-refractivity contribution is 5.92. The summed E-state index contributed by atoms with van der Waals surface area (Å²) >= 11 is 0. The SMILES string of the molecule is Nc1nc2c(F)cccc2c2nc(CN3CCN(Cc4ccccc4)CC3)cn12. The van der Waals surface area contributed by atoms with Crippen LogP contribution in [0.1, 0.15) is 11.3 Å². The lowest BCUT2D eigenvalue weighted by atomic mass is 10.2. The molecular weight excluding hydrogens is 367 g/mol. The van der Waals surface area contributed by atoms with Crippen molar-refractivity contribution >= 4 is 22.5 Å². The van der Waals surface area contributed by atoms with Crippen molar-refractivity contribution < 1.29 is 4.39 Å². The van der Waals surface area contributed by atoms with Crippen molar-refractivity contribution in [3.63, 3.8) is 0 Å². The number of rotatable bonds is 4. The van der Waals surface area contributed by atoms with E-state index in [1.807, 2.05) is 12.3 Å². The molecule has 0 amide bonds. The van der Waals surface area contributed by atoms with E-state index in [2.05, 4.69) is 45.1 Å². The Kier molecular flexibility index (Phi) is 4.61. The van der Waals surface area contributed by atoms with Gasteiger partial charge >= 0.3 is 0 Å². The van der Waals surface area contributed by atoms with Crippen LogP contribution in [0, 0.1) is 5.82 Å². The second-order valence-electron chi connectivity index (χ2n) is 7.57. The van der Waals surface area contributed by atoms with E-state index in [9.17, 15) is 4.39 Å². The first-order chi connectivity index (χ1) is 14.2. The van der Waals surface area contributed by atoms with Gasteiger partial charge in [0.15, 0.2) is 0 Å². The predicted molar refractivity (Wildman–Crippen MR) is 112 cm³/mol. The van der Waals surface area contributed by atoms with E-state index < -0.39 is 0 Å². The zero-order valence-corrected chi connectivity index (χ0v) is 16.1. The molecule has 29 heavy (non-hydrogen) atoms. The number of nitrogen functional groups attached to an aromatic ring is 1. The monoisotopic (exact) mass is 390 g/mol. The normalized spacial score (nSPS) is 16.0. The van der Waals surface area contributed by atoms with E-state index in [1.165, 1.54) is 11.6 Å². The number of nitrogens with two attached hydrogens (primary N) is 1. The van der Waals surface area contributed by atoms with Gasteiger partial charge in [0.05, 0.1) is 5.69 Å². The fourth-order valence-corrected chi connectivity index (χ4v) is 4.02. The van der Waals surface area contributed by atoms with Gasteiger partial charge in [0.2, 0.25) is 5.95 Å². The van der Waals surface area contributed by atoms with Crippen LogP contribution in [0.25, 0.3) is 16.6 Å². The first kappa shape index (κ1) is 18.0. The Bertz CT molecular complexity index is 1150. The van der Waals surface area contributed by atoms with E-state index >= 15 is 0 Å². The molecule has 0 bridgehead atoms. The number of fused-ring (bicyclic) bond motifs is 3. The summed E-state index contributed by atoms with van der Waals surface area (Å²) in [5.74, 6) is -0.125. The molecule has 0 saturated carbocycles. The molecule has 2 aromatic heterocycles. The molecule has 4 aromatic rings. The molecule has 2 aromatic carbocycles. The van der Waals surface area contributed by atoms with E-state index in [-0.39, 0.29) is 17.3 Å². The molecule has 6 nitrogen and oxygen atoms in total. The summed E-state index contributed by atoms with van der Waals surface area (Å²) in [6.07, 6.45) is 1.92. The first-order valence-corrected chi connectivity index (χ1v) is 9.88. The number of para-hydroxylation sites is 1. The summed E-state index contributed by atoms with van der Waals surface area (Å²) < 4.78 is 15.9. The van der Waals surface area contributed by atoms with Crippen molar-refractivity contribution in [1.29, 1.82) is 0 Å². The zero-order chi connectivity index (χ0) is 19.8. The fraction of sp³-hybridized carbons (Fsp3) is 0.273. The second-order valence-corrected chi connectivity index (χ2v) is 7.57. The van der Waals surface area contributed by atoms with Gasteiger partial charge in [0, 0.05) is 50.9 Å². The van der Waals surface area contributed by atoms with E-state index in [1.54, 1.807) is 10.5 Å². The maximum Gasteiger partial charge on any atom is 0.206 e. The summed E-state index contributed by atoms with van der Waals surface area (Å²) in [5, 5.41) is 0.679. The average Bonchev–Trinajstić information content (AvgIpc) is 3.16. The van der Waals surface area contributed by atoms with Crippen LogP contribution in [0.3, 0.4) is 0 Å². The van der Waals surface area contributed by atoms with Gasteiger partial charge in [0.1, 0.15) is 17.0 Å². The molecule has 2 N–H and O–H groups in total. The molecule has 1 aliphatic rings. The zero-order valence-electron chi connectivity index (χ0n) is 16.1. The van der Waals surface area contributed by atoms with Crippen LogP contribution >= 0.6 is 0 Å². The third-order valence-corrected chi connectivity index (χ3v) is 5.56. The van der Waals surface area contributed by atoms with Gasteiger partial charge in [-0.1, -0.05) is 36.4 Å². The van der Waals surface area contributed by atoms with Crippen molar-refractivity contribution in [2.45, 2.75) is 13.1 Å². The largest absolute Gasteiger partial charge is 0.369 e. The standard InChI is InChI=1S/C22H23FN6/c23-19-8-4-7-18-20(19)26-22(24)29-15-17(25-21(18)29)14-28-11-9-27(10-12-28)13-16-5-2-1-3-6-16/h1-8,15H,9-14H2,(H2,24,26). The predicted octanol–water partition coefficient (Wildman–Crippen LogP) is 2.92. The number of halogens is 1. The molecule has 5 rings (SSSR count). The van der Waals surface area contributed by atoms with Crippen LogP contribution in [0.15, 0.2) is 54.7 Å². The van der Waals surface area contributed by atoms with E-state index in [4.69, 9.17) is 10.7 Å². The Morgan fingerprint density at radius 3 is 2.34 bits per heavy atom. The number of imidazole rings is 1. The number of anilines is 1. The lowest BCUT2D eigenvalue weighted by Gasteiger charge is -2.34. The highest BCUT2D eigenvalue weighted by Crippen LogP contribution is 2.23. The highest BCUT2D eigenvalue weighted by Gasteiger charge is 2.19. The second kappa shape index (κ2) is 7.42. The van der Waals surface area contributed by atoms with E-state index in [0.717, 1.165) is 45.0 Å². The Labute approximate surface area is 168 Å².